The average Bonchev–Trinajstić information content (AvgIpc) is 3.06. The number of benzene rings is 2. The highest BCUT2D eigenvalue weighted by molar-refractivity contribution is 5.95. The molecule has 3 N–H and O–H groups in total. The number of nitrogens with one attached hydrogen (secondary N) is 1. The Morgan fingerprint density at radius 3 is 2.88 bits per heavy atom. The maximum Gasteiger partial charge on any atom is 0.363 e. The number of aromatic amines is 1. The molecule has 2 heterocycles. The van der Waals surface area contributed by atoms with Crippen LogP contribution >= 0.6 is 0 Å². The summed E-state index contributed by atoms with van der Waals surface area (Å²) in [5, 5.41) is 0.633. The molecular formula is C17H12N4O3. The number of hydrogen-bond donors (Lipinski definition) is 2. The van der Waals surface area contributed by atoms with E-state index >= 15 is 0 Å². The highest BCUT2D eigenvalue weighted by Gasteiger charge is 2.14. The van der Waals surface area contributed by atoms with Crippen LogP contribution in [0.2, 0.25) is 0 Å². The van der Waals surface area contributed by atoms with Gasteiger partial charge in [0.25, 0.3) is 5.56 Å². The van der Waals surface area contributed by atoms with E-state index in [0.717, 1.165) is 10.2 Å². The molecule has 0 fully saturated rings. The molecule has 4 rings (SSSR count). The summed E-state index contributed by atoms with van der Waals surface area (Å²) in [4.78, 5) is 36.9. The first kappa shape index (κ1) is 14.0. The molecule has 0 aliphatic carbocycles. The summed E-state index contributed by atoms with van der Waals surface area (Å²) in [6.45, 7) is 0. The molecule has 2 aromatic carbocycles. The Morgan fingerprint density at radius 1 is 1.17 bits per heavy atom. The second-order valence-electron chi connectivity index (χ2n) is 5.26. The summed E-state index contributed by atoms with van der Waals surface area (Å²) in [5.41, 5.74) is 7.86. The average molecular weight is 320 g/mol. The summed E-state index contributed by atoms with van der Waals surface area (Å²) in [6.07, 6.45) is 1.54. The molecule has 2 aromatic heterocycles. The van der Waals surface area contributed by atoms with E-state index in [4.69, 9.17) is 10.6 Å². The van der Waals surface area contributed by atoms with E-state index in [1.54, 1.807) is 42.5 Å². The van der Waals surface area contributed by atoms with Gasteiger partial charge in [0.15, 0.2) is 0 Å². The van der Waals surface area contributed by atoms with Crippen molar-refractivity contribution < 1.29 is 9.63 Å². The number of carbonyl (C=O) groups is 1. The van der Waals surface area contributed by atoms with Crippen molar-refractivity contribution in [1.82, 2.24) is 14.7 Å². The Labute approximate surface area is 135 Å². The van der Waals surface area contributed by atoms with Gasteiger partial charge >= 0.3 is 5.97 Å². The number of nitrogen functional groups attached to an aromatic ring is 1. The fraction of sp³-hybridized carbons (Fsp3) is 0. The maximum atomic E-state index is 12.4. The van der Waals surface area contributed by atoms with Gasteiger partial charge in [0, 0.05) is 17.1 Å². The third-order valence-electron chi connectivity index (χ3n) is 3.74. The molecule has 7 heteroatoms. The van der Waals surface area contributed by atoms with Crippen molar-refractivity contribution >= 4 is 33.6 Å². The van der Waals surface area contributed by atoms with Gasteiger partial charge in [-0.3, -0.25) is 4.79 Å². The van der Waals surface area contributed by atoms with Gasteiger partial charge in [-0.1, -0.05) is 18.2 Å². The van der Waals surface area contributed by atoms with Crippen molar-refractivity contribution in [3.8, 4) is 0 Å². The minimum atomic E-state index is -0.650. The molecule has 0 saturated carbocycles. The van der Waals surface area contributed by atoms with E-state index in [-0.39, 0.29) is 0 Å². The predicted molar refractivity (Wildman–Crippen MR) is 89.6 cm³/mol. The Kier molecular flexibility index (Phi) is 3.06. The van der Waals surface area contributed by atoms with E-state index in [2.05, 4.69) is 9.97 Å². The van der Waals surface area contributed by atoms with Gasteiger partial charge in [-0.25, -0.2) is 9.78 Å². The molecule has 118 valence electrons. The summed E-state index contributed by atoms with van der Waals surface area (Å²) in [5.74, 6) is -0.650. The maximum absolute atomic E-state index is 12.4. The third-order valence-corrected chi connectivity index (χ3v) is 3.74. The van der Waals surface area contributed by atoms with Crippen LogP contribution in [0.3, 0.4) is 0 Å². The number of pyridine rings is 1. The molecular weight excluding hydrogens is 308 g/mol. The summed E-state index contributed by atoms with van der Waals surface area (Å²) >= 11 is 0. The minimum Gasteiger partial charge on any atom is -0.398 e. The van der Waals surface area contributed by atoms with Crippen molar-refractivity contribution in [3.05, 3.63) is 70.8 Å². The Hall–Kier alpha value is -3.61. The first-order valence-corrected chi connectivity index (χ1v) is 7.19. The Balaban J connectivity index is 1.78. The summed E-state index contributed by atoms with van der Waals surface area (Å²) < 4.78 is 0.950. The molecule has 7 nitrogen and oxygen atoms in total. The molecule has 0 saturated heterocycles. The van der Waals surface area contributed by atoms with Crippen LogP contribution in [0.1, 0.15) is 10.4 Å². The lowest BCUT2D eigenvalue weighted by Crippen LogP contribution is -2.31. The van der Waals surface area contributed by atoms with E-state index in [9.17, 15) is 9.59 Å². The molecule has 0 spiro atoms. The fourth-order valence-corrected chi connectivity index (χ4v) is 2.58. The van der Waals surface area contributed by atoms with Gasteiger partial charge in [0.05, 0.1) is 28.4 Å². The van der Waals surface area contributed by atoms with Crippen LogP contribution in [0, 0.1) is 0 Å². The highest BCUT2D eigenvalue weighted by Crippen LogP contribution is 2.18. The number of nitrogens with zero attached hydrogens (tertiary/aromatic N) is 2. The quantitative estimate of drug-likeness (QED) is 0.585. The van der Waals surface area contributed by atoms with Crippen molar-refractivity contribution in [3.63, 3.8) is 0 Å². The number of nitrogens with two attached hydrogens (primary N) is 1. The lowest BCUT2D eigenvalue weighted by atomic mass is 10.2. The normalized spacial score (nSPS) is 11.0. The lowest BCUT2D eigenvalue weighted by molar-refractivity contribution is 0.0466. The van der Waals surface area contributed by atoms with Gasteiger partial charge in [0.2, 0.25) is 0 Å². The van der Waals surface area contributed by atoms with Crippen LogP contribution in [-0.2, 0) is 0 Å². The molecule has 0 aliphatic heterocycles. The number of rotatable bonds is 2. The Bertz CT molecular complexity index is 1140. The van der Waals surface area contributed by atoms with Crippen LogP contribution in [0.15, 0.2) is 59.7 Å². The number of imidazole rings is 1. The third kappa shape index (κ3) is 2.19. The summed E-state index contributed by atoms with van der Waals surface area (Å²) in [6, 6.07) is 13.1. The molecule has 0 amide bonds. The number of H-pyrrole nitrogens is 1. The zero-order valence-electron chi connectivity index (χ0n) is 12.4. The summed E-state index contributed by atoms with van der Waals surface area (Å²) in [7, 11) is 0. The van der Waals surface area contributed by atoms with Crippen molar-refractivity contribution in [1.29, 1.82) is 0 Å². The highest BCUT2D eigenvalue weighted by atomic mass is 16.7. The van der Waals surface area contributed by atoms with Crippen LogP contribution in [0.5, 0.6) is 0 Å². The topological polar surface area (TPSA) is 103 Å². The first-order chi connectivity index (χ1) is 11.6. The van der Waals surface area contributed by atoms with Crippen LogP contribution in [0.4, 0.5) is 5.69 Å². The van der Waals surface area contributed by atoms with Gasteiger partial charge in [-0.15, -0.1) is 4.73 Å². The molecule has 0 radical (unpaired) electrons. The van der Waals surface area contributed by atoms with Gasteiger partial charge in [-0.2, -0.15) is 0 Å². The van der Waals surface area contributed by atoms with Crippen LogP contribution in [0.25, 0.3) is 21.9 Å². The lowest BCUT2D eigenvalue weighted by Gasteiger charge is -2.11. The van der Waals surface area contributed by atoms with Crippen LogP contribution < -0.4 is 16.1 Å². The molecule has 4 aromatic rings. The largest absolute Gasteiger partial charge is 0.398 e. The van der Waals surface area contributed by atoms with Gasteiger partial charge < -0.3 is 15.6 Å². The first-order valence-electron chi connectivity index (χ1n) is 7.19. The Morgan fingerprint density at radius 2 is 2.00 bits per heavy atom. The van der Waals surface area contributed by atoms with E-state index < -0.39 is 11.5 Å². The molecule has 0 atom stereocenters. The van der Waals surface area contributed by atoms with E-state index in [1.807, 2.05) is 0 Å². The number of carbonyl (C=O) groups excluding carboxylic acids is 1. The number of hydrogen-bond acceptors (Lipinski definition) is 5. The molecule has 24 heavy (non-hydrogen) atoms. The second-order valence-corrected chi connectivity index (χ2v) is 5.26. The van der Waals surface area contributed by atoms with Crippen LogP contribution in [-0.4, -0.2) is 20.7 Å². The van der Waals surface area contributed by atoms with Gasteiger partial charge in [-0.05, 0) is 24.3 Å². The fourth-order valence-electron chi connectivity index (χ4n) is 2.58. The van der Waals surface area contributed by atoms with Crippen molar-refractivity contribution in [2.75, 3.05) is 5.73 Å². The smallest absolute Gasteiger partial charge is 0.363 e. The monoisotopic (exact) mass is 320 g/mol. The number of para-hydroxylation sites is 1. The predicted octanol–water partition coefficient (Wildman–Crippen LogP) is 1.73. The number of aromatic nitrogens is 3. The van der Waals surface area contributed by atoms with E-state index in [1.165, 1.54) is 12.4 Å². The zero-order valence-corrected chi connectivity index (χ0v) is 12.4. The number of anilines is 1. The van der Waals surface area contributed by atoms with E-state index in [0.29, 0.717) is 27.7 Å². The van der Waals surface area contributed by atoms with Crippen molar-refractivity contribution in [2.45, 2.75) is 0 Å². The minimum absolute atomic E-state index is 0.305. The molecule has 0 bridgehead atoms. The molecule has 0 aliphatic rings. The SMILES string of the molecule is Nc1cc(=O)n(OC(=O)c2ccc3nc[nH]c3c2)c2ccccc12. The zero-order chi connectivity index (χ0) is 16.7. The van der Waals surface area contributed by atoms with Crippen molar-refractivity contribution in [2.24, 2.45) is 0 Å². The second kappa shape index (κ2) is 5.24. The molecule has 0 unspecified atom stereocenters. The standard InChI is InChI=1S/C17H12N4O3/c18-12-8-16(22)21(15-4-2-1-3-11(12)15)24-17(23)10-5-6-13-14(7-10)20-9-19-13/h1-9H,18H2,(H,19,20). The van der Waals surface area contributed by atoms with Gasteiger partial charge in [0.1, 0.15) is 0 Å². The number of fused-ring (bicyclic) bond motifs is 2.